The number of hydrogen-bond acceptors (Lipinski definition) is 36. The molecule has 5 N–H and O–H groups in total. The number of morpholine rings is 4. The van der Waals surface area contributed by atoms with Crippen molar-refractivity contribution in [3.63, 3.8) is 0 Å². The number of phenolic OH excluding ortho intramolecular Hbond substituents is 3. The average Bonchev–Trinajstić information content (AvgIpc) is 1.66. The second kappa shape index (κ2) is 54.6. The van der Waals surface area contributed by atoms with Gasteiger partial charge in [-0.25, -0.2) is 44.3 Å². The number of carbonyl (C=O) groups is 4. The number of anilines is 4. The molecule has 44 heteroatoms. The smallest absolute Gasteiger partial charge is 0.488 e. The number of thiophene rings is 4. The molecule has 0 radical (unpaired) electrons. The third-order valence-corrected chi connectivity index (χ3v) is 29.1. The van der Waals surface area contributed by atoms with Gasteiger partial charge in [-0.2, -0.15) is 9.97 Å². The molecule has 149 heavy (non-hydrogen) atoms. The molecule has 0 saturated carbocycles. The first-order chi connectivity index (χ1) is 71.0. The molecule has 8 aromatic heterocycles. The number of piperazine rings is 4. The first-order valence-electron chi connectivity index (χ1n) is 48.9. The standard InChI is InChI=1S/C28H33N5O4S.C26H27N5O3S.C22H28ClN5O3S.C12H20N2O2.C10H9ClIN3OS.C6H7BO3.CH4/c1-28(2,3)37-27(35)33-12-10-31(11-13-33)9-5-8-22-19-23-24(38-22)26(32-14-16-36-17-15-32)30-25(29-23)20-6-4-7-21(34)18-20;1-2-23(33)30-11-9-29(10-12-30)8-4-7-21-18-22-24(35-21)26(31-13-15-34-16-14-31)28-25(27-22)19-5-3-6-20(32)17-19;1-22(2,3)31-21(29)28-9-7-26(8-10-28)6-4-5-16-15-17-18(32-16)19(25-20(23)24-17)27-11-13-30-14-12-27;1-5-6-13-7-9-14(10-8-13)11(15)16-12(2,3)4;11-10-13-6-5-7(12)17-8(6)9(14-10)15-1-3-16-4-2-15;8-6-3-1-2-5(4-6)7(9)10;/h4,6-7,18-19,34H,9-17H2,1-3H3;2-3,5-6,17-18,32H,1,8-16H2;15H,6-14H2,1-3H3;1H,6-10H2,2-4H3;5H,1-4H2;1-4,8-10H;1H4. The number of terminal acetylenes is 1. The van der Waals surface area contributed by atoms with E-state index in [4.69, 9.17) is 97.9 Å². The summed E-state index contributed by atoms with van der Waals surface area (Å²) in [5.41, 5.74) is 3.91. The monoisotopic (exact) mass is 2260 g/mol. The molecule has 16 heterocycles. The molecule has 8 fully saturated rings. The van der Waals surface area contributed by atoms with Gasteiger partial charge in [0.05, 0.1) is 137 Å². The molecular formula is C105H128BCl2IN20O16S4. The largest absolute Gasteiger partial charge is 0.508 e. The third-order valence-electron chi connectivity index (χ3n) is 23.7. The van der Waals surface area contributed by atoms with E-state index in [-0.39, 0.29) is 54.1 Å². The van der Waals surface area contributed by atoms with Crippen molar-refractivity contribution in [3.8, 4) is 87.9 Å². The zero-order chi connectivity index (χ0) is 105. The molecule has 8 aliphatic heterocycles. The lowest BCUT2D eigenvalue weighted by atomic mass is 9.80. The van der Waals surface area contributed by atoms with Gasteiger partial charge in [0.2, 0.25) is 16.5 Å². The number of ether oxygens (including phenoxy) is 7. The van der Waals surface area contributed by atoms with Gasteiger partial charge in [0, 0.05) is 168 Å². The van der Waals surface area contributed by atoms with Crippen LogP contribution in [0.3, 0.4) is 0 Å². The third kappa shape index (κ3) is 34.3. The summed E-state index contributed by atoms with van der Waals surface area (Å²) < 4.78 is 43.5. The van der Waals surface area contributed by atoms with E-state index < -0.39 is 23.9 Å². The molecule has 0 bridgehead atoms. The molecule has 0 aliphatic carbocycles. The number of amides is 4. The number of halogens is 3. The quantitative estimate of drug-likeness (QED) is 0.0189. The number of phenols is 3. The van der Waals surface area contributed by atoms with Crippen LogP contribution in [0.2, 0.25) is 10.6 Å². The predicted octanol–water partition coefficient (Wildman–Crippen LogP) is 13.1. The summed E-state index contributed by atoms with van der Waals surface area (Å²) in [5, 5.41) is 46.5. The zero-order valence-electron chi connectivity index (χ0n) is 84.6. The molecule has 8 aliphatic rings. The van der Waals surface area contributed by atoms with Gasteiger partial charge in [-0.15, -0.1) is 51.8 Å². The van der Waals surface area contributed by atoms with E-state index in [1.807, 2.05) is 104 Å². The van der Waals surface area contributed by atoms with Gasteiger partial charge in [0.25, 0.3) is 0 Å². The maximum absolute atomic E-state index is 12.3. The minimum atomic E-state index is -1.51. The SMILES string of the molecule is C.C#CCN1CCN(C(=O)OC(C)(C)C)CC1.C=CC(=O)N1CCN(CC#Cc2cc3nc(-c4cccc(O)c4)nc(N4CCOCC4)c3s2)CC1.CC(C)(C)OC(=O)N1CCN(CC#Cc2cc3nc(-c4cccc(O)c4)nc(N4CCOCC4)c3s2)CC1.CC(C)(C)OC(=O)N1CCN(CC#Cc2cc3nc(Cl)nc(N4CCOCC4)c3s2)CC1.Clc1nc(N2CCOCC2)c2sc(I)cc2n1.OB(O)c1cccc(O)c1. The molecule has 19 rings (SSSR count). The van der Waals surface area contributed by atoms with E-state index in [9.17, 15) is 29.4 Å². The Bertz CT molecular complexity index is 6650. The van der Waals surface area contributed by atoms with Gasteiger partial charge in [0.15, 0.2) is 34.9 Å². The highest BCUT2D eigenvalue weighted by atomic mass is 127. The Balaban J connectivity index is 0.000000156. The van der Waals surface area contributed by atoms with Crippen LogP contribution in [0.4, 0.5) is 37.7 Å². The second-order valence-electron chi connectivity index (χ2n) is 38.2. The van der Waals surface area contributed by atoms with Gasteiger partial charge >= 0.3 is 25.4 Å². The summed E-state index contributed by atoms with van der Waals surface area (Å²) >= 11 is 20.9. The van der Waals surface area contributed by atoms with Crippen molar-refractivity contribution in [2.45, 2.75) is 86.5 Å². The number of carbonyl (C=O) groups excluding carboxylic acids is 4. The van der Waals surface area contributed by atoms with Crippen LogP contribution in [-0.4, -0.2) is 389 Å². The van der Waals surface area contributed by atoms with Crippen LogP contribution in [0, 0.1) is 50.8 Å². The normalized spacial score (nSPS) is 16.5. The van der Waals surface area contributed by atoms with Crippen LogP contribution in [0.5, 0.6) is 17.2 Å². The molecule has 0 atom stereocenters. The molecule has 8 saturated heterocycles. The lowest BCUT2D eigenvalue weighted by Crippen LogP contribution is -2.50. The van der Waals surface area contributed by atoms with Crippen molar-refractivity contribution in [2.75, 3.05) is 256 Å². The average molecular weight is 2260 g/mol. The molecule has 0 spiro atoms. The molecular weight excluding hydrogens is 2130 g/mol. The zero-order valence-corrected chi connectivity index (χ0v) is 91.5. The van der Waals surface area contributed by atoms with Gasteiger partial charge in [-0.05, 0) is 180 Å². The highest BCUT2D eigenvalue weighted by molar-refractivity contribution is 14.1. The fourth-order valence-corrected chi connectivity index (χ4v) is 21.4. The maximum Gasteiger partial charge on any atom is 0.488 e. The number of nitrogens with zero attached hydrogens (tertiary/aromatic N) is 20. The van der Waals surface area contributed by atoms with E-state index in [1.54, 1.807) is 103 Å². The van der Waals surface area contributed by atoms with Gasteiger partial charge in [-0.3, -0.25) is 24.4 Å². The van der Waals surface area contributed by atoms with Crippen LogP contribution in [-0.2, 0) is 38.0 Å². The maximum atomic E-state index is 12.3. The minimum absolute atomic E-state index is 0. The number of rotatable bonds is 12. The number of benzene rings is 3. The Morgan fingerprint density at radius 3 is 1.01 bits per heavy atom. The number of aromatic hydroxyl groups is 3. The molecule has 3 aromatic carbocycles. The summed E-state index contributed by atoms with van der Waals surface area (Å²) in [6.45, 7) is 46.6. The molecule has 4 amide bonds. The Kier molecular flexibility index (Phi) is 42.0. The summed E-state index contributed by atoms with van der Waals surface area (Å²) in [7, 11) is -1.51. The van der Waals surface area contributed by atoms with Crippen LogP contribution in [0.1, 0.15) is 84.4 Å². The van der Waals surface area contributed by atoms with Crippen molar-refractivity contribution in [3.05, 3.63) is 138 Å². The number of aromatic nitrogens is 8. The van der Waals surface area contributed by atoms with Crippen LogP contribution >= 0.6 is 91.1 Å². The van der Waals surface area contributed by atoms with Gasteiger partial charge in [-0.1, -0.05) is 91.8 Å². The Morgan fingerprint density at radius 2 is 0.705 bits per heavy atom. The van der Waals surface area contributed by atoms with E-state index >= 15 is 0 Å². The number of hydrogen-bond donors (Lipinski definition) is 5. The summed E-state index contributed by atoms with van der Waals surface area (Å²) in [6, 6.07) is 27.9. The predicted molar refractivity (Wildman–Crippen MR) is 599 cm³/mol. The first kappa shape index (κ1) is 115. The van der Waals surface area contributed by atoms with Crippen molar-refractivity contribution < 1.29 is 77.7 Å². The lowest BCUT2D eigenvalue weighted by Gasteiger charge is -2.34. The van der Waals surface area contributed by atoms with Crippen molar-refractivity contribution >= 4 is 192 Å². The van der Waals surface area contributed by atoms with E-state index in [2.05, 4.69) is 130 Å². The fraction of sp³-hybridized carbons (Fsp3) is 0.467. The summed E-state index contributed by atoms with van der Waals surface area (Å²) in [6.07, 6.45) is 5.88. The second-order valence-corrected chi connectivity index (χ2v) is 45.0. The molecule has 0 unspecified atom stereocenters. The molecule has 36 nitrogen and oxygen atoms in total. The molecule has 11 aromatic rings. The number of fused-ring (bicyclic) bond motifs is 4. The van der Waals surface area contributed by atoms with E-state index in [0.29, 0.717) is 141 Å². The minimum Gasteiger partial charge on any atom is -0.508 e. The van der Waals surface area contributed by atoms with Crippen LogP contribution in [0.15, 0.2) is 110 Å². The Morgan fingerprint density at radius 1 is 0.409 bits per heavy atom. The van der Waals surface area contributed by atoms with Crippen molar-refractivity contribution in [2.24, 2.45) is 0 Å². The van der Waals surface area contributed by atoms with Crippen LogP contribution in [0.25, 0.3) is 63.6 Å². The highest BCUT2D eigenvalue weighted by Gasteiger charge is 2.32. The van der Waals surface area contributed by atoms with E-state index in [0.717, 1.165) is 208 Å². The fourth-order valence-electron chi connectivity index (χ4n) is 16.3. The lowest BCUT2D eigenvalue weighted by molar-refractivity contribution is -0.127. The van der Waals surface area contributed by atoms with Gasteiger partial charge < -0.3 is 97.7 Å². The molecule has 792 valence electrons. The Labute approximate surface area is 909 Å². The summed E-state index contributed by atoms with van der Waals surface area (Å²) in [5.74, 6) is 27.5. The van der Waals surface area contributed by atoms with Gasteiger partial charge in [0.1, 0.15) is 34.1 Å². The van der Waals surface area contributed by atoms with Crippen LogP contribution < -0.4 is 25.1 Å². The Hall–Kier alpha value is -11.3. The highest BCUT2D eigenvalue weighted by Crippen LogP contribution is 2.40. The van der Waals surface area contributed by atoms with E-state index in [1.165, 1.54) is 27.2 Å². The summed E-state index contributed by atoms with van der Waals surface area (Å²) in [4.78, 5) is 113. The van der Waals surface area contributed by atoms with Crippen molar-refractivity contribution in [1.29, 1.82) is 0 Å². The first-order valence-corrected chi connectivity index (χ1v) is 54.0. The van der Waals surface area contributed by atoms with Crippen molar-refractivity contribution in [1.82, 2.24) is 79.1 Å². The topological polar surface area (TPSA) is 376 Å².